The Morgan fingerprint density at radius 1 is 0.854 bits per heavy atom. The van der Waals surface area contributed by atoms with Gasteiger partial charge in [-0.1, -0.05) is 115 Å². The number of nitrogens with zero attached hydrogens (tertiary/aromatic N) is 2. The van der Waals surface area contributed by atoms with E-state index in [9.17, 15) is 14.4 Å². The van der Waals surface area contributed by atoms with Crippen molar-refractivity contribution in [1.29, 1.82) is 0 Å². The SMILES string of the molecule is O=C(NN(C(=O)N1CCC[C@H]1C(=O)NC(c1ccccc1)c1ccccc1)C1C=CCC=C1)OCc1ccccc1. The zero-order valence-corrected chi connectivity index (χ0v) is 22.8. The molecular weight excluding hydrogens is 516 g/mol. The van der Waals surface area contributed by atoms with Gasteiger partial charge < -0.3 is 15.0 Å². The third-order valence-corrected chi connectivity index (χ3v) is 7.22. The van der Waals surface area contributed by atoms with Gasteiger partial charge in [0.25, 0.3) is 0 Å². The number of hydrogen-bond acceptors (Lipinski definition) is 4. The average molecular weight is 551 g/mol. The van der Waals surface area contributed by atoms with Crippen LogP contribution in [0.1, 0.15) is 42.0 Å². The zero-order valence-electron chi connectivity index (χ0n) is 22.8. The topological polar surface area (TPSA) is 91.0 Å². The Labute approximate surface area is 240 Å². The largest absolute Gasteiger partial charge is 0.443 e. The lowest BCUT2D eigenvalue weighted by Gasteiger charge is -2.34. The van der Waals surface area contributed by atoms with Gasteiger partial charge in [0.15, 0.2) is 0 Å². The van der Waals surface area contributed by atoms with Crippen LogP contribution in [0.3, 0.4) is 0 Å². The van der Waals surface area contributed by atoms with E-state index in [1.807, 2.05) is 115 Å². The number of carbonyl (C=O) groups is 3. The average Bonchev–Trinajstić information content (AvgIpc) is 3.53. The minimum atomic E-state index is -0.747. The molecular formula is C33H34N4O4. The van der Waals surface area contributed by atoms with E-state index < -0.39 is 24.2 Å². The minimum Gasteiger partial charge on any atom is -0.443 e. The summed E-state index contributed by atoms with van der Waals surface area (Å²) in [6, 6.07) is 26.8. The Morgan fingerprint density at radius 3 is 2.05 bits per heavy atom. The van der Waals surface area contributed by atoms with Crippen molar-refractivity contribution in [1.82, 2.24) is 20.7 Å². The number of urea groups is 1. The Kier molecular flexibility index (Phi) is 9.11. The lowest BCUT2D eigenvalue weighted by molar-refractivity contribution is -0.125. The maximum Gasteiger partial charge on any atom is 0.426 e. The number of allylic oxidation sites excluding steroid dienone is 2. The second-order valence-corrected chi connectivity index (χ2v) is 10.0. The fourth-order valence-electron chi connectivity index (χ4n) is 5.15. The van der Waals surface area contributed by atoms with Crippen molar-refractivity contribution in [3.8, 4) is 0 Å². The van der Waals surface area contributed by atoms with Gasteiger partial charge in [-0.15, -0.1) is 0 Å². The van der Waals surface area contributed by atoms with Crippen molar-refractivity contribution in [2.24, 2.45) is 0 Å². The fraction of sp³-hybridized carbons (Fsp3) is 0.242. The van der Waals surface area contributed by atoms with E-state index in [1.165, 1.54) is 9.91 Å². The molecule has 1 atom stereocenters. The molecule has 0 spiro atoms. The molecule has 8 nitrogen and oxygen atoms in total. The zero-order chi connectivity index (χ0) is 28.4. The summed E-state index contributed by atoms with van der Waals surface area (Å²) in [6.07, 6.45) is 8.75. The quantitative estimate of drug-likeness (QED) is 0.300. The first-order chi connectivity index (χ1) is 20.1. The molecule has 3 aromatic rings. The number of benzene rings is 3. The summed E-state index contributed by atoms with van der Waals surface area (Å²) in [4.78, 5) is 42.0. The molecule has 41 heavy (non-hydrogen) atoms. The normalized spacial score (nSPS) is 16.4. The van der Waals surface area contributed by atoms with Crippen molar-refractivity contribution >= 4 is 18.0 Å². The van der Waals surface area contributed by atoms with Crippen LogP contribution < -0.4 is 10.7 Å². The molecule has 2 N–H and O–H groups in total. The van der Waals surface area contributed by atoms with E-state index in [-0.39, 0.29) is 18.6 Å². The van der Waals surface area contributed by atoms with Crippen molar-refractivity contribution in [2.75, 3.05) is 6.54 Å². The number of hydrazine groups is 1. The third-order valence-electron chi connectivity index (χ3n) is 7.22. The number of carbonyl (C=O) groups excluding carboxylic acids is 3. The van der Waals surface area contributed by atoms with Gasteiger partial charge >= 0.3 is 12.1 Å². The molecule has 5 rings (SSSR count). The lowest BCUT2D eigenvalue weighted by atomic mass is 9.98. The standard InChI is InChI=1S/C33H34N4O4/c38-31(34-30(26-16-7-2-8-17-26)27-18-9-3-10-19-27)29-22-13-23-36(29)33(40)37(28-20-11-4-12-21-28)35-32(39)41-24-25-14-5-1-6-15-25/h1-3,5-12,14-21,28-30H,4,13,22-24H2,(H,34,38)(H,35,39)/t29-/m0/s1. The predicted molar refractivity (Wildman–Crippen MR) is 156 cm³/mol. The van der Waals surface area contributed by atoms with E-state index in [4.69, 9.17) is 4.74 Å². The van der Waals surface area contributed by atoms with Crippen LogP contribution in [-0.2, 0) is 16.1 Å². The molecule has 4 amide bonds. The molecule has 0 unspecified atom stereocenters. The maximum absolute atomic E-state index is 13.9. The van der Waals surface area contributed by atoms with Crippen LogP contribution in [0.4, 0.5) is 9.59 Å². The van der Waals surface area contributed by atoms with Crippen LogP contribution in [0.15, 0.2) is 115 Å². The molecule has 3 aromatic carbocycles. The lowest BCUT2D eigenvalue weighted by Crippen LogP contribution is -2.58. The maximum atomic E-state index is 13.9. The molecule has 0 aromatic heterocycles. The first kappa shape index (κ1) is 27.7. The number of rotatable bonds is 7. The van der Waals surface area contributed by atoms with Crippen LogP contribution in [0.25, 0.3) is 0 Å². The van der Waals surface area contributed by atoms with E-state index >= 15 is 0 Å². The van der Waals surface area contributed by atoms with Crippen LogP contribution in [0.2, 0.25) is 0 Å². The molecule has 2 aliphatic rings. The van der Waals surface area contributed by atoms with Gasteiger partial charge in [0.2, 0.25) is 5.91 Å². The number of hydrogen-bond donors (Lipinski definition) is 2. The van der Waals surface area contributed by atoms with E-state index in [0.717, 1.165) is 23.1 Å². The van der Waals surface area contributed by atoms with Gasteiger partial charge in [0.05, 0.1) is 12.1 Å². The van der Waals surface area contributed by atoms with E-state index in [2.05, 4.69) is 10.7 Å². The molecule has 1 aliphatic heterocycles. The number of nitrogens with one attached hydrogen (secondary N) is 2. The Hall–Kier alpha value is -4.85. The van der Waals surface area contributed by atoms with Gasteiger partial charge in [-0.3, -0.25) is 4.79 Å². The molecule has 210 valence electrons. The van der Waals surface area contributed by atoms with Gasteiger partial charge in [-0.25, -0.2) is 20.0 Å². The van der Waals surface area contributed by atoms with Crippen molar-refractivity contribution in [3.63, 3.8) is 0 Å². The molecule has 0 saturated carbocycles. The molecule has 1 saturated heterocycles. The third kappa shape index (κ3) is 7.03. The van der Waals surface area contributed by atoms with Gasteiger partial charge in [0, 0.05) is 6.54 Å². The summed E-state index contributed by atoms with van der Waals surface area (Å²) in [5.74, 6) is -0.241. The first-order valence-electron chi connectivity index (χ1n) is 13.9. The van der Waals surface area contributed by atoms with Crippen LogP contribution in [0, 0.1) is 0 Å². The smallest absolute Gasteiger partial charge is 0.426 e. The predicted octanol–water partition coefficient (Wildman–Crippen LogP) is 5.50. The second kappa shape index (κ2) is 13.5. The van der Waals surface area contributed by atoms with Crippen LogP contribution in [-0.4, -0.2) is 46.6 Å². The summed E-state index contributed by atoms with van der Waals surface area (Å²) in [5, 5.41) is 4.43. The number of likely N-dealkylation sites (tertiary alicyclic amines) is 1. The summed E-state index contributed by atoms with van der Waals surface area (Å²) in [7, 11) is 0. The Morgan fingerprint density at radius 2 is 1.44 bits per heavy atom. The minimum absolute atomic E-state index is 0.0696. The summed E-state index contributed by atoms with van der Waals surface area (Å²) >= 11 is 0. The molecule has 1 heterocycles. The van der Waals surface area contributed by atoms with Crippen molar-refractivity contribution in [3.05, 3.63) is 132 Å². The summed E-state index contributed by atoms with van der Waals surface area (Å²) < 4.78 is 5.40. The molecule has 0 radical (unpaired) electrons. The Balaban J connectivity index is 1.32. The highest BCUT2D eigenvalue weighted by atomic mass is 16.6. The van der Waals surface area contributed by atoms with Gasteiger partial charge in [0.1, 0.15) is 12.6 Å². The second-order valence-electron chi connectivity index (χ2n) is 10.0. The number of amides is 4. The van der Waals surface area contributed by atoms with E-state index in [0.29, 0.717) is 19.4 Å². The molecule has 1 aliphatic carbocycles. The van der Waals surface area contributed by atoms with Crippen molar-refractivity contribution in [2.45, 2.75) is 44.0 Å². The molecule has 0 bridgehead atoms. The van der Waals surface area contributed by atoms with E-state index in [1.54, 1.807) is 0 Å². The highest BCUT2D eigenvalue weighted by Crippen LogP contribution is 2.25. The Bertz CT molecular complexity index is 1330. The van der Waals surface area contributed by atoms with Crippen LogP contribution >= 0.6 is 0 Å². The van der Waals surface area contributed by atoms with Crippen molar-refractivity contribution < 1.29 is 19.1 Å². The highest BCUT2D eigenvalue weighted by molar-refractivity contribution is 5.89. The highest BCUT2D eigenvalue weighted by Gasteiger charge is 2.39. The first-order valence-corrected chi connectivity index (χ1v) is 13.9. The summed E-state index contributed by atoms with van der Waals surface area (Å²) in [6.45, 7) is 0.468. The number of ether oxygens (including phenoxy) is 1. The van der Waals surface area contributed by atoms with Gasteiger partial charge in [-0.05, 0) is 36.0 Å². The van der Waals surface area contributed by atoms with Crippen LogP contribution in [0.5, 0.6) is 0 Å². The summed E-state index contributed by atoms with van der Waals surface area (Å²) in [5.41, 5.74) is 5.36. The monoisotopic (exact) mass is 550 g/mol. The molecule has 1 fully saturated rings. The molecule has 8 heteroatoms. The van der Waals surface area contributed by atoms with Gasteiger partial charge in [-0.2, -0.15) is 0 Å². The fourth-order valence-corrected chi connectivity index (χ4v) is 5.15.